The molecule has 0 aromatic carbocycles. The summed E-state index contributed by atoms with van der Waals surface area (Å²) in [5.74, 6) is -0.903. The summed E-state index contributed by atoms with van der Waals surface area (Å²) in [4.78, 5) is 35.0. The molecule has 20 heavy (non-hydrogen) atoms. The Kier molecular flexibility index (Phi) is 4.33. The highest BCUT2D eigenvalue weighted by molar-refractivity contribution is 7.13. The van der Waals surface area contributed by atoms with Gasteiger partial charge in [-0.3, -0.25) is 19.7 Å². The molecule has 1 saturated heterocycles. The number of esters is 1. The zero-order valence-corrected chi connectivity index (χ0v) is 11.7. The zero-order valence-electron chi connectivity index (χ0n) is 10.9. The van der Waals surface area contributed by atoms with E-state index in [1.165, 1.54) is 6.07 Å². The van der Waals surface area contributed by atoms with Gasteiger partial charge < -0.3 is 9.64 Å². The quantitative estimate of drug-likeness (QED) is 0.467. The van der Waals surface area contributed by atoms with Gasteiger partial charge in [0.25, 0.3) is 0 Å². The second-order valence-electron chi connectivity index (χ2n) is 4.49. The third-order valence-electron chi connectivity index (χ3n) is 3.13. The summed E-state index contributed by atoms with van der Waals surface area (Å²) in [5, 5.41) is 12.1. The number of rotatable bonds is 5. The Morgan fingerprint density at radius 1 is 1.65 bits per heavy atom. The number of hydrogen-bond acceptors (Lipinski definition) is 6. The van der Waals surface area contributed by atoms with Crippen LogP contribution in [0.1, 0.15) is 18.9 Å². The Bertz CT molecular complexity index is 542. The lowest BCUT2D eigenvalue weighted by atomic mass is 10.1. The average molecular weight is 298 g/mol. The summed E-state index contributed by atoms with van der Waals surface area (Å²) in [7, 11) is 0. The van der Waals surface area contributed by atoms with E-state index >= 15 is 0 Å². The average Bonchev–Trinajstić information content (AvgIpc) is 3.02. The summed E-state index contributed by atoms with van der Waals surface area (Å²) in [5.41, 5.74) is 0.590. The molecule has 1 atom stereocenters. The van der Waals surface area contributed by atoms with Crippen molar-refractivity contribution in [2.45, 2.75) is 20.0 Å². The van der Waals surface area contributed by atoms with Crippen LogP contribution in [0.2, 0.25) is 0 Å². The van der Waals surface area contributed by atoms with Crippen LogP contribution in [-0.2, 0) is 20.9 Å². The third kappa shape index (κ3) is 3.13. The van der Waals surface area contributed by atoms with Gasteiger partial charge in [-0.05, 0) is 6.92 Å². The number of nitro groups is 1. The molecule has 1 amide bonds. The van der Waals surface area contributed by atoms with Gasteiger partial charge in [-0.1, -0.05) is 11.3 Å². The van der Waals surface area contributed by atoms with Gasteiger partial charge in [-0.2, -0.15) is 0 Å². The molecule has 8 heteroatoms. The lowest BCUT2D eigenvalue weighted by molar-refractivity contribution is -0.380. The van der Waals surface area contributed by atoms with Crippen LogP contribution in [0.4, 0.5) is 5.00 Å². The Balaban J connectivity index is 1.86. The molecule has 0 aliphatic carbocycles. The summed E-state index contributed by atoms with van der Waals surface area (Å²) < 4.78 is 5.11. The van der Waals surface area contributed by atoms with Crippen molar-refractivity contribution in [2.75, 3.05) is 13.1 Å². The highest BCUT2D eigenvalue weighted by Crippen LogP contribution is 2.24. The molecule has 1 fully saturated rings. The number of carbonyl (C=O) groups excluding carboxylic acids is 2. The second kappa shape index (κ2) is 6.00. The maximum Gasteiger partial charge on any atom is 0.324 e. The minimum atomic E-state index is -0.481. The highest BCUT2D eigenvalue weighted by Gasteiger charge is 2.34. The number of amides is 1. The maximum atomic E-state index is 11.8. The molecule has 0 unspecified atom stereocenters. The molecule has 0 saturated carbocycles. The van der Waals surface area contributed by atoms with E-state index in [1.807, 2.05) is 6.92 Å². The SMILES string of the molecule is CCN1C[C@H](C(=O)OCc2csc([N+](=O)[O-])c2)CC1=O. The van der Waals surface area contributed by atoms with Gasteiger partial charge in [-0.15, -0.1) is 0 Å². The minimum absolute atomic E-state index is 0.0000111. The molecular formula is C12H14N2O5S. The van der Waals surface area contributed by atoms with Crippen LogP contribution in [0.15, 0.2) is 11.4 Å². The van der Waals surface area contributed by atoms with E-state index in [0.717, 1.165) is 11.3 Å². The summed E-state index contributed by atoms with van der Waals surface area (Å²) >= 11 is 0.993. The second-order valence-corrected chi connectivity index (χ2v) is 5.38. The van der Waals surface area contributed by atoms with Gasteiger partial charge in [-0.25, -0.2) is 0 Å². The number of likely N-dealkylation sites (tertiary alicyclic amines) is 1. The molecule has 1 aromatic rings. The topological polar surface area (TPSA) is 89.8 Å². The predicted molar refractivity (Wildman–Crippen MR) is 71.1 cm³/mol. The van der Waals surface area contributed by atoms with Crippen LogP contribution >= 0.6 is 11.3 Å². The predicted octanol–water partition coefficient (Wildman–Crippen LogP) is 1.57. The summed E-state index contributed by atoms with van der Waals surface area (Å²) in [6, 6.07) is 1.39. The molecule has 0 spiro atoms. The fourth-order valence-corrected chi connectivity index (χ4v) is 2.76. The fourth-order valence-electron chi connectivity index (χ4n) is 2.04. The first-order chi connectivity index (χ1) is 9.51. The van der Waals surface area contributed by atoms with Gasteiger partial charge in [0.1, 0.15) is 6.61 Å². The van der Waals surface area contributed by atoms with E-state index in [-0.39, 0.29) is 23.9 Å². The standard InChI is InChI=1S/C12H14N2O5S/c1-2-13-5-9(4-10(13)15)12(16)19-6-8-3-11(14(17)18)20-7-8/h3,7,9H,2,4-6H2,1H3/t9-/m1/s1. The van der Waals surface area contributed by atoms with E-state index in [9.17, 15) is 19.7 Å². The smallest absolute Gasteiger partial charge is 0.324 e. The minimum Gasteiger partial charge on any atom is -0.461 e. The van der Waals surface area contributed by atoms with Crippen LogP contribution in [0.3, 0.4) is 0 Å². The molecule has 2 heterocycles. The molecule has 1 aliphatic rings. The van der Waals surface area contributed by atoms with Crippen molar-refractivity contribution >= 4 is 28.2 Å². The molecule has 108 valence electrons. The van der Waals surface area contributed by atoms with Crippen LogP contribution in [0, 0.1) is 16.0 Å². The Hall–Kier alpha value is -1.96. The molecule has 0 N–H and O–H groups in total. The summed E-state index contributed by atoms with van der Waals surface area (Å²) in [6.45, 7) is 2.83. The maximum absolute atomic E-state index is 11.8. The van der Waals surface area contributed by atoms with Crippen molar-refractivity contribution in [3.05, 3.63) is 27.1 Å². The van der Waals surface area contributed by atoms with Crippen LogP contribution in [0.25, 0.3) is 0 Å². The molecule has 0 bridgehead atoms. The molecule has 0 radical (unpaired) electrons. The lowest BCUT2D eigenvalue weighted by Crippen LogP contribution is -2.26. The van der Waals surface area contributed by atoms with E-state index in [0.29, 0.717) is 18.7 Å². The Morgan fingerprint density at radius 2 is 2.40 bits per heavy atom. The van der Waals surface area contributed by atoms with Crippen LogP contribution in [0.5, 0.6) is 0 Å². The number of thiophene rings is 1. The van der Waals surface area contributed by atoms with Crippen molar-refractivity contribution in [2.24, 2.45) is 5.92 Å². The molecular weight excluding hydrogens is 284 g/mol. The number of hydrogen-bond donors (Lipinski definition) is 0. The third-order valence-corrected chi connectivity index (χ3v) is 4.06. The van der Waals surface area contributed by atoms with E-state index in [1.54, 1.807) is 10.3 Å². The highest BCUT2D eigenvalue weighted by atomic mass is 32.1. The first-order valence-electron chi connectivity index (χ1n) is 6.17. The van der Waals surface area contributed by atoms with Crippen LogP contribution in [-0.4, -0.2) is 34.8 Å². The molecule has 2 rings (SSSR count). The Morgan fingerprint density at radius 3 is 2.95 bits per heavy atom. The monoisotopic (exact) mass is 298 g/mol. The van der Waals surface area contributed by atoms with Crippen molar-refractivity contribution in [1.82, 2.24) is 4.90 Å². The number of carbonyl (C=O) groups is 2. The number of nitrogens with zero attached hydrogens (tertiary/aromatic N) is 2. The normalized spacial score (nSPS) is 18.4. The van der Waals surface area contributed by atoms with Gasteiger partial charge in [0.2, 0.25) is 5.91 Å². The van der Waals surface area contributed by atoms with Crippen molar-refractivity contribution in [1.29, 1.82) is 0 Å². The van der Waals surface area contributed by atoms with Crippen molar-refractivity contribution in [3.8, 4) is 0 Å². The molecule has 7 nitrogen and oxygen atoms in total. The first-order valence-corrected chi connectivity index (χ1v) is 7.05. The van der Waals surface area contributed by atoms with Gasteiger partial charge >= 0.3 is 11.0 Å². The van der Waals surface area contributed by atoms with Gasteiger partial charge in [0.15, 0.2) is 0 Å². The van der Waals surface area contributed by atoms with Gasteiger partial charge in [0.05, 0.1) is 10.8 Å². The van der Waals surface area contributed by atoms with E-state index in [4.69, 9.17) is 4.74 Å². The van der Waals surface area contributed by atoms with E-state index < -0.39 is 16.8 Å². The summed E-state index contributed by atoms with van der Waals surface area (Å²) in [6.07, 6.45) is 0.177. The van der Waals surface area contributed by atoms with Crippen molar-refractivity contribution in [3.63, 3.8) is 0 Å². The Labute approximate surface area is 119 Å². The fraction of sp³-hybridized carbons (Fsp3) is 0.500. The molecule has 1 aromatic heterocycles. The first kappa shape index (κ1) is 14.4. The van der Waals surface area contributed by atoms with Gasteiger partial charge in [0, 0.05) is 36.5 Å². The largest absolute Gasteiger partial charge is 0.461 e. The van der Waals surface area contributed by atoms with E-state index in [2.05, 4.69) is 0 Å². The van der Waals surface area contributed by atoms with Crippen LogP contribution < -0.4 is 0 Å². The lowest BCUT2D eigenvalue weighted by Gasteiger charge is -2.12. The van der Waals surface area contributed by atoms with Crippen molar-refractivity contribution < 1.29 is 19.2 Å². The molecule has 1 aliphatic heterocycles. The number of ether oxygens (including phenoxy) is 1. The zero-order chi connectivity index (χ0) is 14.7.